The van der Waals surface area contributed by atoms with Gasteiger partial charge in [-0.2, -0.15) is 8.61 Å². The number of aromatic nitrogens is 8. The van der Waals surface area contributed by atoms with Crippen LogP contribution in [-0.4, -0.2) is 171 Å². The van der Waals surface area contributed by atoms with Crippen molar-refractivity contribution in [2.45, 2.75) is 156 Å². The number of aliphatic hydroxyl groups excluding tert-OH is 1. The lowest BCUT2D eigenvalue weighted by Gasteiger charge is -2.32. The van der Waals surface area contributed by atoms with E-state index < -0.39 is 124 Å². The van der Waals surface area contributed by atoms with Gasteiger partial charge in [0.25, 0.3) is 5.69 Å². The van der Waals surface area contributed by atoms with E-state index in [4.69, 9.17) is 14.2 Å². The number of aliphatic carboxylic acids is 1. The van der Waals surface area contributed by atoms with Crippen LogP contribution in [0.25, 0.3) is 33.7 Å². The van der Waals surface area contributed by atoms with Gasteiger partial charge in [-0.25, -0.2) is 55.1 Å². The summed E-state index contributed by atoms with van der Waals surface area (Å²) in [6, 6.07) is 26.0. The smallest absolute Gasteiger partial charge is 0.335 e. The van der Waals surface area contributed by atoms with Crippen molar-refractivity contribution in [2.24, 2.45) is 0 Å². The SMILES string of the molecule is CC(C)(C)OC(=O)[C@H](Cc1ccc(-n2c(=O)n(CC(=O)O)c3cccnc32)cc1)NC(=O)[C@H]1N(S(=O)(=O)c2cccnc2)CSC1(C)C.CC(C)(C)OC(=O)[C@H](Cc1ccc(-n2c(=O)n(CC(O)Oc3ccc([N+](=O)[O-])cc3)c3cccnc32)cc1)NC(=O)[C@H]1N(S(=O)(=O)c2cccnc2)CSC1(C)C. The van der Waals surface area contributed by atoms with Crippen molar-refractivity contribution in [3.05, 3.63) is 201 Å². The van der Waals surface area contributed by atoms with E-state index in [0.29, 0.717) is 39.2 Å². The fourth-order valence-corrected chi connectivity index (χ4v) is 18.1. The number of esters is 2. The largest absolute Gasteiger partial charge is 0.480 e. The number of ether oxygens (including phenoxy) is 3. The molecule has 0 radical (unpaired) electrons. The Kier molecular flexibility index (Phi) is 22.8. The van der Waals surface area contributed by atoms with Crippen LogP contribution in [0.3, 0.4) is 0 Å². The number of fused-ring (bicyclic) bond motifs is 2. The summed E-state index contributed by atoms with van der Waals surface area (Å²) in [5, 5.41) is 36.6. The summed E-state index contributed by atoms with van der Waals surface area (Å²) in [6.07, 6.45) is 6.83. The molecule has 105 heavy (non-hydrogen) atoms. The van der Waals surface area contributed by atoms with Crippen molar-refractivity contribution in [1.82, 2.24) is 57.4 Å². The molecule has 2 amide bonds. The number of hydrogen-bond acceptors (Lipinski definition) is 23. The average Bonchev–Trinajstić information content (AvgIpc) is 1.69. The first kappa shape index (κ1) is 77.4. The number of nitro groups is 1. The number of aliphatic hydroxyl groups is 1. The third-order valence-electron chi connectivity index (χ3n) is 16.6. The molecule has 11 rings (SSSR count). The monoisotopic (exact) mass is 1520 g/mol. The Labute approximate surface area is 611 Å². The van der Waals surface area contributed by atoms with Crippen LogP contribution in [0.4, 0.5) is 5.69 Å². The summed E-state index contributed by atoms with van der Waals surface area (Å²) in [4.78, 5) is 121. The number of pyridine rings is 4. The first-order chi connectivity index (χ1) is 49.3. The van der Waals surface area contributed by atoms with E-state index in [9.17, 15) is 70.7 Å². The Morgan fingerprint density at radius 1 is 0.610 bits per heavy atom. The first-order valence-electron chi connectivity index (χ1n) is 32.7. The molecule has 5 atom stereocenters. The van der Waals surface area contributed by atoms with Crippen LogP contribution in [0.15, 0.2) is 178 Å². The maximum atomic E-state index is 14.1. The molecular weight excluding hydrogens is 1440 g/mol. The molecule has 6 aromatic heterocycles. The summed E-state index contributed by atoms with van der Waals surface area (Å²) in [5.74, 6) is -3.73. The van der Waals surface area contributed by atoms with Crippen LogP contribution in [0, 0.1) is 10.1 Å². The van der Waals surface area contributed by atoms with Gasteiger partial charge in [-0.1, -0.05) is 24.3 Å². The van der Waals surface area contributed by atoms with Crippen molar-refractivity contribution >= 4 is 101 Å². The maximum Gasteiger partial charge on any atom is 0.335 e. The Morgan fingerprint density at radius 3 is 1.39 bits per heavy atom. The van der Waals surface area contributed by atoms with Gasteiger partial charge in [0, 0.05) is 71.6 Å². The minimum absolute atomic E-state index is 0.00942. The lowest BCUT2D eigenvalue weighted by Crippen LogP contribution is -2.57. The number of carbonyl (C=O) groups excluding carboxylic acids is 4. The second-order valence-electron chi connectivity index (χ2n) is 27.5. The Balaban J connectivity index is 0.000000228. The van der Waals surface area contributed by atoms with E-state index in [1.54, 1.807) is 142 Å². The van der Waals surface area contributed by atoms with E-state index in [-0.39, 0.29) is 58.0 Å². The molecule has 8 heterocycles. The number of nitro benzene ring substituents is 1. The number of carboxylic acids is 1. The van der Waals surface area contributed by atoms with Gasteiger partial charge >= 0.3 is 29.3 Å². The van der Waals surface area contributed by atoms with Crippen molar-refractivity contribution < 1.29 is 70.2 Å². The summed E-state index contributed by atoms with van der Waals surface area (Å²) in [5.41, 5.74) is 0.302. The topological polar surface area (TPSA) is 401 Å². The highest BCUT2D eigenvalue weighted by molar-refractivity contribution is 8.02. The Bertz CT molecular complexity index is 5100. The van der Waals surface area contributed by atoms with Crippen LogP contribution < -0.4 is 26.7 Å². The fraction of sp³-hybridized carbons (Fsp3) is 0.357. The molecule has 31 nitrogen and oxygen atoms in total. The van der Waals surface area contributed by atoms with Crippen molar-refractivity contribution in [3.8, 4) is 17.1 Å². The normalized spacial score (nSPS) is 17.0. The predicted molar refractivity (Wildman–Crippen MR) is 388 cm³/mol. The number of carboxylic acid groups (broad SMARTS) is 1. The van der Waals surface area contributed by atoms with Crippen LogP contribution >= 0.6 is 23.5 Å². The Morgan fingerprint density at radius 2 is 1.01 bits per heavy atom. The molecular formula is C70H77N13O18S4. The van der Waals surface area contributed by atoms with Crippen LogP contribution in [-0.2, 0) is 79.4 Å². The van der Waals surface area contributed by atoms with Gasteiger partial charge in [-0.3, -0.25) is 43.6 Å². The number of non-ortho nitro benzene ring substituents is 1. The number of nitrogens with zero attached hydrogens (tertiary/aromatic N) is 11. The molecule has 35 heteroatoms. The molecule has 2 saturated heterocycles. The zero-order valence-corrected chi connectivity index (χ0v) is 61.9. The fourth-order valence-electron chi connectivity index (χ4n) is 11.8. The molecule has 1 unspecified atom stereocenters. The lowest BCUT2D eigenvalue weighted by atomic mass is 10.0. The highest BCUT2D eigenvalue weighted by atomic mass is 32.2. The molecule has 9 aromatic rings. The number of carbonyl (C=O) groups is 5. The van der Waals surface area contributed by atoms with E-state index in [2.05, 4.69) is 30.6 Å². The third kappa shape index (κ3) is 17.6. The van der Waals surface area contributed by atoms with Gasteiger partial charge < -0.3 is 35.1 Å². The van der Waals surface area contributed by atoms with E-state index in [0.717, 1.165) is 13.2 Å². The number of nitrogens with one attached hydrogen (secondary N) is 2. The minimum atomic E-state index is -4.12. The highest BCUT2D eigenvalue weighted by Gasteiger charge is 2.53. The first-order valence-corrected chi connectivity index (χ1v) is 37.5. The number of rotatable bonds is 23. The number of amides is 2. The number of sulfonamides is 2. The molecule has 2 aliphatic heterocycles. The summed E-state index contributed by atoms with van der Waals surface area (Å²) in [6.45, 7) is 16.4. The van der Waals surface area contributed by atoms with Gasteiger partial charge in [-0.05, 0) is 165 Å². The van der Waals surface area contributed by atoms with Crippen molar-refractivity contribution in [2.75, 3.05) is 11.8 Å². The molecule has 0 saturated carbocycles. The van der Waals surface area contributed by atoms with Crippen LogP contribution in [0.1, 0.15) is 80.4 Å². The standard InChI is InChI=1S/C38H41N7O10S2.C32H36N6O8S2/c1-37(2,3)55-35(48)29(41-34(47)32-38(4,5)56-23-43(32)57(52,53)28-8-6-18-39-21-28)20-24-10-12-25(13-11-24)44-33-30(9-7-19-40-33)42(36(44)49)22-31(46)54-27-16-14-26(15-17-27)45(50)51;1-31(2,3)46-29(42)23(35-28(41)26-32(4,5)47-19-37(26)48(44,45)22-8-6-14-33-17-22)16-20-10-12-21(13-11-20)38-27-24(9-7-15-34-27)36(30(38)43)18-25(39)40/h6-19,21,29,31-32,46H,20,22-23H2,1-5H3,(H,41,47);6-15,17,23,26H,16,18-19H2,1-5H3,(H,35,41)(H,39,40)/t29-,31?,32+;23-,26+/m00/s1. The molecule has 554 valence electrons. The minimum Gasteiger partial charge on any atom is -0.480 e. The zero-order chi connectivity index (χ0) is 76.3. The molecule has 3 aromatic carbocycles. The van der Waals surface area contributed by atoms with E-state index in [1.165, 1.54) is 123 Å². The number of imidazole rings is 2. The maximum absolute atomic E-state index is 14.1. The predicted octanol–water partition coefficient (Wildman–Crippen LogP) is 6.38. The number of hydrogen-bond donors (Lipinski definition) is 4. The molecule has 0 bridgehead atoms. The van der Waals surface area contributed by atoms with Crippen molar-refractivity contribution in [3.63, 3.8) is 0 Å². The molecule has 0 spiro atoms. The van der Waals surface area contributed by atoms with E-state index >= 15 is 0 Å². The van der Waals surface area contributed by atoms with Gasteiger partial charge in [0.2, 0.25) is 38.2 Å². The average molecular weight is 1520 g/mol. The Hall–Kier alpha value is -10.2. The summed E-state index contributed by atoms with van der Waals surface area (Å²) in [7, 11) is -8.22. The van der Waals surface area contributed by atoms with Gasteiger partial charge in [-0.15, -0.1) is 23.5 Å². The molecule has 4 N–H and O–H groups in total. The number of thioether (sulfide) groups is 2. The van der Waals surface area contributed by atoms with Gasteiger partial charge in [0.05, 0.1) is 45.6 Å². The highest BCUT2D eigenvalue weighted by Crippen LogP contribution is 2.44. The van der Waals surface area contributed by atoms with Gasteiger partial charge in [0.1, 0.15) is 57.5 Å². The molecule has 2 fully saturated rings. The molecule has 2 aliphatic rings. The second-order valence-corrected chi connectivity index (χ2v) is 34.5. The second kappa shape index (κ2) is 30.9. The summed E-state index contributed by atoms with van der Waals surface area (Å²) >= 11 is 2.60. The lowest BCUT2D eigenvalue weighted by molar-refractivity contribution is -0.384. The quantitative estimate of drug-likeness (QED) is 0.0233. The third-order valence-corrected chi connectivity index (χ3v) is 23.3. The zero-order valence-electron chi connectivity index (χ0n) is 58.6. The molecule has 0 aliphatic carbocycles. The number of benzene rings is 3. The van der Waals surface area contributed by atoms with Gasteiger partial charge in [0.15, 0.2) is 11.3 Å². The van der Waals surface area contributed by atoms with Crippen LogP contribution in [0.5, 0.6) is 5.75 Å². The van der Waals surface area contributed by atoms with E-state index in [1.807, 2.05) is 0 Å². The summed E-state index contributed by atoms with van der Waals surface area (Å²) < 4.78 is 77.0. The van der Waals surface area contributed by atoms with Crippen LogP contribution in [0.2, 0.25) is 0 Å². The van der Waals surface area contributed by atoms with Crippen molar-refractivity contribution in [1.29, 1.82) is 0 Å².